The first-order valence-electron chi connectivity index (χ1n) is 11.0. The molecule has 1 amide bonds. The summed E-state index contributed by atoms with van der Waals surface area (Å²) in [7, 11) is 0. The lowest BCUT2D eigenvalue weighted by Crippen LogP contribution is -2.42. The molecule has 172 valence electrons. The van der Waals surface area contributed by atoms with Gasteiger partial charge >= 0.3 is 11.9 Å². The van der Waals surface area contributed by atoms with Gasteiger partial charge in [-0.2, -0.15) is 0 Å². The highest BCUT2D eigenvalue weighted by Gasteiger charge is 2.26. The molecular weight excluding hydrogens is 412 g/mol. The van der Waals surface area contributed by atoms with Crippen LogP contribution in [0.3, 0.4) is 0 Å². The van der Waals surface area contributed by atoms with Crippen LogP contribution in [0.15, 0.2) is 42.5 Å². The summed E-state index contributed by atoms with van der Waals surface area (Å²) in [6.07, 6.45) is 4.31. The second-order valence-electron chi connectivity index (χ2n) is 8.18. The van der Waals surface area contributed by atoms with E-state index in [2.05, 4.69) is 52.7 Å². The first kappa shape index (κ1) is 23.7. The van der Waals surface area contributed by atoms with Crippen molar-refractivity contribution in [3.63, 3.8) is 0 Å². The van der Waals surface area contributed by atoms with Gasteiger partial charge in [-0.1, -0.05) is 42.5 Å². The molecule has 2 saturated heterocycles. The summed E-state index contributed by atoms with van der Waals surface area (Å²) >= 11 is 0. The van der Waals surface area contributed by atoms with Crippen molar-refractivity contribution < 1.29 is 29.3 Å². The topological polar surface area (TPSA) is 116 Å². The molecule has 2 fully saturated rings. The number of nitrogens with one attached hydrogen (secondary N) is 1. The Bertz CT molecular complexity index is 916. The highest BCUT2D eigenvalue weighted by Crippen LogP contribution is 2.23. The highest BCUT2D eigenvalue weighted by atomic mass is 16.5. The van der Waals surface area contributed by atoms with E-state index in [4.69, 9.17) is 24.5 Å². The number of carbonyl (C=O) groups excluding carboxylic acids is 1. The van der Waals surface area contributed by atoms with Crippen molar-refractivity contribution in [3.8, 4) is 0 Å². The number of carbonyl (C=O) groups is 3. The van der Waals surface area contributed by atoms with Crippen LogP contribution in [0.2, 0.25) is 0 Å². The molecule has 0 aliphatic carbocycles. The van der Waals surface area contributed by atoms with Crippen LogP contribution in [0.5, 0.6) is 0 Å². The van der Waals surface area contributed by atoms with Gasteiger partial charge in [0.15, 0.2) is 0 Å². The van der Waals surface area contributed by atoms with Gasteiger partial charge in [0.2, 0.25) is 5.91 Å². The number of piperidine rings is 1. The minimum absolute atomic E-state index is 0.153. The zero-order valence-electron chi connectivity index (χ0n) is 18.0. The van der Waals surface area contributed by atoms with Crippen LogP contribution in [0, 0.1) is 5.92 Å². The van der Waals surface area contributed by atoms with Gasteiger partial charge in [-0.15, -0.1) is 0 Å². The van der Waals surface area contributed by atoms with Gasteiger partial charge < -0.3 is 20.3 Å². The number of fused-ring (bicyclic) bond motifs is 1. The van der Waals surface area contributed by atoms with Gasteiger partial charge in [-0.25, -0.2) is 9.59 Å². The first-order valence-corrected chi connectivity index (χ1v) is 11.0. The summed E-state index contributed by atoms with van der Waals surface area (Å²) in [5.74, 6) is -3.28. The predicted molar refractivity (Wildman–Crippen MR) is 119 cm³/mol. The lowest BCUT2D eigenvalue weighted by Gasteiger charge is -2.31. The Morgan fingerprint density at radius 1 is 0.969 bits per heavy atom. The largest absolute Gasteiger partial charge is 0.473 e. The van der Waals surface area contributed by atoms with Crippen molar-refractivity contribution in [3.05, 3.63) is 48.0 Å². The Morgan fingerprint density at radius 3 is 2.31 bits per heavy atom. The van der Waals surface area contributed by atoms with Crippen molar-refractivity contribution >= 4 is 28.6 Å². The number of likely N-dealkylation sites (tertiary alicyclic amines) is 1. The van der Waals surface area contributed by atoms with E-state index in [1.165, 1.54) is 16.3 Å². The average Bonchev–Trinajstić information content (AvgIpc) is 3.32. The zero-order chi connectivity index (χ0) is 22.9. The monoisotopic (exact) mass is 442 g/mol. The summed E-state index contributed by atoms with van der Waals surface area (Å²) in [6, 6.07) is 15.1. The third-order valence-corrected chi connectivity index (χ3v) is 5.94. The predicted octanol–water partition coefficient (Wildman–Crippen LogP) is 2.50. The van der Waals surface area contributed by atoms with E-state index in [1.807, 2.05) is 0 Å². The molecule has 0 saturated carbocycles. The third kappa shape index (κ3) is 6.77. The van der Waals surface area contributed by atoms with E-state index < -0.39 is 11.9 Å². The van der Waals surface area contributed by atoms with E-state index in [9.17, 15) is 4.79 Å². The second-order valence-corrected chi connectivity index (χ2v) is 8.18. The van der Waals surface area contributed by atoms with Crippen molar-refractivity contribution in [2.45, 2.75) is 38.3 Å². The molecule has 0 bridgehead atoms. The number of ether oxygens (including phenoxy) is 1. The smallest absolute Gasteiger partial charge is 0.414 e. The maximum Gasteiger partial charge on any atom is 0.414 e. The molecule has 2 aromatic carbocycles. The molecule has 4 rings (SSSR count). The molecular formula is C24H30N2O6. The van der Waals surface area contributed by atoms with E-state index in [0.717, 1.165) is 51.9 Å². The number of aliphatic carboxylic acids is 2. The van der Waals surface area contributed by atoms with Crippen molar-refractivity contribution in [2.75, 3.05) is 26.2 Å². The Morgan fingerprint density at radius 2 is 1.66 bits per heavy atom. The number of carboxylic acids is 2. The summed E-state index contributed by atoms with van der Waals surface area (Å²) in [5, 5.41) is 20.5. The molecule has 8 heteroatoms. The SMILES string of the molecule is O=C(NCC1CCCO1)C1CCN(Cc2cccc3ccccc23)CC1.O=C(O)C(=O)O. The van der Waals surface area contributed by atoms with Crippen LogP contribution < -0.4 is 5.32 Å². The van der Waals surface area contributed by atoms with Crippen LogP contribution in [0.4, 0.5) is 0 Å². The number of hydrogen-bond donors (Lipinski definition) is 3. The molecule has 2 aliphatic rings. The molecule has 2 aromatic rings. The lowest BCUT2D eigenvalue weighted by atomic mass is 9.95. The normalized spacial score (nSPS) is 19.2. The average molecular weight is 443 g/mol. The number of rotatable bonds is 5. The van der Waals surface area contributed by atoms with Gasteiger partial charge in [0.1, 0.15) is 0 Å². The number of benzene rings is 2. The molecule has 0 radical (unpaired) electrons. The maximum atomic E-state index is 12.4. The van der Waals surface area contributed by atoms with Gasteiger partial charge in [0, 0.05) is 25.6 Å². The number of nitrogens with zero attached hydrogens (tertiary/aromatic N) is 1. The fraction of sp³-hybridized carbons (Fsp3) is 0.458. The summed E-state index contributed by atoms with van der Waals surface area (Å²) in [4.78, 5) is 33.1. The van der Waals surface area contributed by atoms with E-state index in [0.29, 0.717) is 6.54 Å². The molecule has 1 unspecified atom stereocenters. The standard InChI is InChI=1S/C22H28N2O2.C2H2O4/c25-22(23-15-20-8-4-14-26-20)18-10-12-24(13-11-18)16-19-7-3-6-17-5-1-2-9-21(17)19;3-1(4)2(5)6/h1-3,5-7,9,18,20H,4,8,10-16H2,(H,23,25);(H,3,4)(H,5,6). The van der Waals surface area contributed by atoms with Crippen molar-refractivity contribution in [2.24, 2.45) is 5.92 Å². The maximum absolute atomic E-state index is 12.4. The molecule has 0 spiro atoms. The van der Waals surface area contributed by atoms with E-state index in [-0.39, 0.29) is 17.9 Å². The van der Waals surface area contributed by atoms with Gasteiger partial charge in [-0.05, 0) is 55.1 Å². The molecule has 8 nitrogen and oxygen atoms in total. The molecule has 0 aromatic heterocycles. The van der Waals surface area contributed by atoms with Crippen molar-refractivity contribution in [1.82, 2.24) is 10.2 Å². The minimum Gasteiger partial charge on any atom is -0.473 e. The fourth-order valence-corrected chi connectivity index (χ4v) is 4.19. The molecule has 2 heterocycles. The Labute approximate surface area is 187 Å². The third-order valence-electron chi connectivity index (χ3n) is 5.94. The Hall–Kier alpha value is -2.97. The van der Waals surface area contributed by atoms with Gasteiger partial charge in [-0.3, -0.25) is 9.69 Å². The van der Waals surface area contributed by atoms with Crippen LogP contribution in [0.25, 0.3) is 10.8 Å². The number of amides is 1. The van der Waals surface area contributed by atoms with E-state index >= 15 is 0 Å². The molecule has 32 heavy (non-hydrogen) atoms. The molecule has 2 aliphatic heterocycles. The first-order chi connectivity index (χ1) is 15.4. The summed E-state index contributed by atoms with van der Waals surface area (Å²) in [5.41, 5.74) is 1.38. The van der Waals surface area contributed by atoms with Crippen LogP contribution in [-0.2, 0) is 25.7 Å². The summed E-state index contributed by atoms with van der Waals surface area (Å²) < 4.78 is 5.59. The minimum atomic E-state index is -1.82. The van der Waals surface area contributed by atoms with Gasteiger partial charge in [0.05, 0.1) is 6.10 Å². The van der Waals surface area contributed by atoms with Crippen LogP contribution >= 0.6 is 0 Å². The Balaban J connectivity index is 0.000000427. The number of carboxylic acid groups (broad SMARTS) is 2. The zero-order valence-corrected chi connectivity index (χ0v) is 18.0. The van der Waals surface area contributed by atoms with Crippen molar-refractivity contribution in [1.29, 1.82) is 0 Å². The fourth-order valence-electron chi connectivity index (χ4n) is 4.19. The van der Waals surface area contributed by atoms with Crippen LogP contribution in [-0.4, -0.2) is 65.3 Å². The van der Waals surface area contributed by atoms with Crippen LogP contribution in [0.1, 0.15) is 31.2 Å². The number of hydrogen-bond acceptors (Lipinski definition) is 5. The quantitative estimate of drug-likeness (QED) is 0.609. The summed E-state index contributed by atoms with van der Waals surface area (Å²) in [6.45, 7) is 4.45. The van der Waals surface area contributed by atoms with Gasteiger partial charge in [0.25, 0.3) is 0 Å². The molecule has 3 N–H and O–H groups in total. The second kappa shape index (κ2) is 11.6. The lowest BCUT2D eigenvalue weighted by molar-refractivity contribution is -0.159. The Kier molecular flexibility index (Phi) is 8.58. The van der Waals surface area contributed by atoms with E-state index in [1.54, 1.807) is 0 Å². The molecule has 1 atom stereocenters. The highest BCUT2D eigenvalue weighted by molar-refractivity contribution is 6.27.